The van der Waals surface area contributed by atoms with Crippen LogP contribution < -0.4 is 0 Å². The van der Waals surface area contributed by atoms with Crippen LogP contribution in [0.25, 0.3) is 104 Å². The molecular formula is C45H26N4OS. The molecule has 0 atom stereocenters. The molecular weight excluding hydrogens is 645 g/mol. The summed E-state index contributed by atoms with van der Waals surface area (Å²) in [6.45, 7) is 0. The monoisotopic (exact) mass is 670 g/mol. The van der Waals surface area contributed by atoms with Crippen LogP contribution >= 0.6 is 11.3 Å². The standard InChI is InChI=1S/C45H26N4OS/c1-2-11-27(12-3-1)28-21-23-29(24-22-28)43-46-44(34-16-10-20-39-40(34)33-15-6-9-19-38(33)51-39)48-45(47-43)49-35-17-7-4-14-32(35)41-36(49)26-25-31-30-13-5-8-18-37(30)50-42(31)41/h1-26H. The number of rotatable bonds is 4. The Balaban J connectivity index is 1.20. The van der Waals surface area contributed by atoms with Crippen molar-refractivity contribution in [2.75, 3.05) is 0 Å². The average molecular weight is 671 g/mol. The Kier molecular flexibility index (Phi) is 6.05. The first-order chi connectivity index (χ1) is 25.3. The molecule has 0 radical (unpaired) electrons. The van der Waals surface area contributed by atoms with E-state index in [1.807, 2.05) is 18.2 Å². The number of benzene rings is 7. The fourth-order valence-corrected chi connectivity index (χ4v) is 8.70. The lowest BCUT2D eigenvalue weighted by Crippen LogP contribution is -2.06. The molecule has 0 bridgehead atoms. The Hall–Kier alpha value is -6.63. The van der Waals surface area contributed by atoms with Gasteiger partial charge in [-0.15, -0.1) is 11.3 Å². The fourth-order valence-electron chi connectivity index (χ4n) is 7.57. The van der Waals surface area contributed by atoms with Gasteiger partial charge in [-0.2, -0.15) is 9.97 Å². The predicted octanol–water partition coefficient (Wildman–Crippen LogP) is 12.2. The van der Waals surface area contributed by atoms with Crippen LogP contribution in [-0.4, -0.2) is 19.5 Å². The quantitative estimate of drug-likeness (QED) is 0.187. The van der Waals surface area contributed by atoms with Crippen molar-refractivity contribution < 1.29 is 4.42 Å². The van der Waals surface area contributed by atoms with Crippen LogP contribution in [0.5, 0.6) is 0 Å². The molecule has 0 aliphatic rings. The van der Waals surface area contributed by atoms with Gasteiger partial charge in [-0.3, -0.25) is 4.57 Å². The first-order valence-electron chi connectivity index (χ1n) is 16.9. The maximum Gasteiger partial charge on any atom is 0.238 e. The van der Waals surface area contributed by atoms with Crippen LogP contribution in [0.4, 0.5) is 0 Å². The van der Waals surface area contributed by atoms with Gasteiger partial charge in [-0.25, -0.2) is 4.98 Å². The minimum Gasteiger partial charge on any atom is -0.455 e. The molecule has 0 unspecified atom stereocenters. The van der Waals surface area contributed by atoms with Crippen molar-refractivity contribution in [3.63, 3.8) is 0 Å². The zero-order valence-corrected chi connectivity index (χ0v) is 27.9. The van der Waals surface area contributed by atoms with E-state index in [-0.39, 0.29) is 0 Å². The van der Waals surface area contributed by atoms with Crippen molar-refractivity contribution in [3.05, 3.63) is 158 Å². The van der Waals surface area contributed by atoms with Crippen molar-refractivity contribution >= 4 is 75.3 Å². The van der Waals surface area contributed by atoms with Crippen molar-refractivity contribution in [3.8, 4) is 39.9 Å². The molecule has 4 heterocycles. The smallest absolute Gasteiger partial charge is 0.238 e. The van der Waals surface area contributed by atoms with Gasteiger partial charge in [-0.05, 0) is 47.5 Å². The molecule has 5 nitrogen and oxygen atoms in total. The second-order valence-electron chi connectivity index (χ2n) is 12.8. The zero-order valence-electron chi connectivity index (χ0n) is 27.1. The number of fused-ring (bicyclic) bond motifs is 10. The summed E-state index contributed by atoms with van der Waals surface area (Å²) in [5, 5.41) is 6.68. The molecule has 0 saturated heterocycles. The minimum absolute atomic E-state index is 0.556. The molecule has 0 amide bonds. The maximum atomic E-state index is 6.57. The molecule has 11 rings (SSSR count). The van der Waals surface area contributed by atoms with Crippen LogP contribution in [-0.2, 0) is 0 Å². The summed E-state index contributed by atoms with van der Waals surface area (Å²) in [6.07, 6.45) is 0. The minimum atomic E-state index is 0.556. The third-order valence-corrected chi connectivity index (χ3v) is 11.0. The van der Waals surface area contributed by atoms with E-state index in [1.165, 1.54) is 20.3 Å². The zero-order chi connectivity index (χ0) is 33.5. The summed E-state index contributed by atoms with van der Waals surface area (Å²) in [7, 11) is 0. The number of hydrogen-bond acceptors (Lipinski definition) is 5. The highest BCUT2D eigenvalue weighted by Gasteiger charge is 2.22. The van der Waals surface area contributed by atoms with Crippen LogP contribution in [0.1, 0.15) is 0 Å². The molecule has 238 valence electrons. The predicted molar refractivity (Wildman–Crippen MR) is 211 cm³/mol. The van der Waals surface area contributed by atoms with Crippen LogP contribution in [0.3, 0.4) is 0 Å². The molecule has 0 N–H and O–H groups in total. The highest BCUT2D eigenvalue weighted by atomic mass is 32.1. The Morgan fingerprint density at radius 1 is 0.431 bits per heavy atom. The SMILES string of the molecule is c1ccc(-c2ccc(-c3nc(-c4cccc5sc6ccccc6c45)nc(-n4c5ccccc5c5c6oc7ccccc7c6ccc54)n3)cc2)cc1. The number of aromatic nitrogens is 4. The molecule has 0 saturated carbocycles. The van der Waals surface area contributed by atoms with Gasteiger partial charge in [0, 0.05) is 47.5 Å². The highest BCUT2D eigenvalue weighted by Crippen LogP contribution is 2.42. The second-order valence-corrected chi connectivity index (χ2v) is 13.9. The van der Waals surface area contributed by atoms with Gasteiger partial charge in [0.15, 0.2) is 11.6 Å². The third kappa shape index (κ3) is 4.30. The normalized spacial score (nSPS) is 11.9. The summed E-state index contributed by atoms with van der Waals surface area (Å²) >= 11 is 1.79. The van der Waals surface area contributed by atoms with Gasteiger partial charge in [-0.1, -0.05) is 121 Å². The van der Waals surface area contributed by atoms with Gasteiger partial charge in [0.25, 0.3) is 0 Å². The van der Waals surface area contributed by atoms with E-state index in [0.29, 0.717) is 17.6 Å². The van der Waals surface area contributed by atoms with Gasteiger partial charge in [0.2, 0.25) is 5.95 Å². The summed E-state index contributed by atoms with van der Waals surface area (Å²) < 4.78 is 11.2. The molecule has 11 aromatic rings. The summed E-state index contributed by atoms with van der Waals surface area (Å²) in [5.41, 5.74) is 7.92. The molecule has 51 heavy (non-hydrogen) atoms. The third-order valence-electron chi connectivity index (χ3n) is 9.90. The van der Waals surface area contributed by atoms with E-state index in [1.54, 1.807) is 11.3 Å². The van der Waals surface area contributed by atoms with Crippen molar-refractivity contribution in [2.45, 2.75) is 0 Å². The van der Waals surface area contributed by atoms with Crippen LogP contribution in [0, 0.1) is 0 Å². The van der Waals surface area contributed by atoms with E-state index in [2.05, 4.69) is 144 Å². The summed E-state index contributed by atoms with van der Waals surface area (Å²) in [5.74, 6) is 1.80. The Bertz CT molecular complexity index is 3140. The number of furan rings is 1. The molecule has 0 aliphatic carbocycles. The van der Waals surface area contributed by atoms with Gasteiger partial charge in [0.1, 0.15) is 11.2 Å². The van der Waals surface area contributed by atoms with Gasteiger partial charge in [0.05, 0.1) is 16.4 Å². The lowest BCUT2D eigenvalue weighted by atomic mass is 10.0. The molecule has 4 aromatic heterocycles. The topological polar surface area (TPSA) is 56.7 Å². The second kappa shape index (κ2) is 10.9. The van der Waals surface area contributed by atoms with Crippen molar-refractivity contribution in [2.24, 2.45) is 0 Å². The van der Waals surface area contributed by atoms with Crippen molar-refractivity contribution in [1.29, 1.82) is 0 Å². The first kappa shape index (κ1) is 28.2. The van der Waals surface area contributed by atoms with E-state index < -0.39 is 0 Å². The van der Waals surface area contributed by atoms with Crippen LogP contribution in [0.15, 0.2) is 162 Å². The number of para-hydroxylation sites is 2. The van der Waals surface area contributed by atoms with Gasteiger partial charge < -0.3 is 4.42 Å². The Labute approximate surface area is 295 Å². The number of thiophene rings is 1. The van der Waals surface area contributed by atoms with Crippen molar-refractivity contribution in [1.82, 2.24) is 19.5 Å². The lowest BCUT2D eigenvalue weighted by molar-refractivity contribution is 0.673. The molecule has 0 aliphatic heterocycles. The molecule has 7 aromatic carbocycles. The number of nitrogens with zero attached hydrogens (tertiary/aromatic N) is 4. The summed E-state index contributed by atoms with van der Waals surface area (Å²) in [6, 6.07) is 54.9. The average Bonchev–Trinajstić information content (AvgIpc) is 3.88. The van der Waals surface area contributed by atoms with Gasteiger partial charge >= 0.3 is 0 Å². The number of hydrogen-bond donors (Lipinski definition) is 0. The molecule has 6 heteroatoms. The maximum absolute atomic E-state index is 6.57. The molecule has 0 fully saturated rings. The lowest BCUT2D eigenvalue weighted by Gasteiger charge is -2.12. The molecule has 0 spiro atoms. The van der Waals surface area contributed by atoms with E-state index >= 15 is 0 Å². The Morgan fingerprint density at radius 3 is 2.00 bits per heavy atom. The van der Waals surface area contributed by atoms with E-state index in [4.69, 9.17) is 19.4 Å². The first-order valence-corrected chi connectivity index (χ1v) is 17.8. The summed E-state index contributed by atoms with van der Waals surface area (Å²) in [4.78, 5) is 15.8. The van der Waals surface area contributed by atoms with E-state index in [9.17, 15) is 0 Å². The fraction of sp³-hybridized carbons (Fsp3) is 0. The van der Waals surface area contributed by atoms with Crippen LogP contribution in [0.2, 0.25) is 0 Å². The Morgan fingerprint density at radius 2 is 1.12 bits per heavy atom. The largest absolute Gasteiger partial charge is 0.455 e. The highest BCUT2D eigenvalue weighted by molar-refractivity contribution is 7.25. The van der Waals surface area contributed by atoms with E-state index in [0.717, 1.165) is 65.8 Å².